The molecule has 0 saturated carbocycles. The van der Waals surface area contributed by atoms with E-state index >= 15 is 0 Å². The summed E-state index contributed by atoms with van der Waals surface area (Å²) < 4.78 is 29.0. The fourth-order valence-electron chi connectivity index (χ4n) is 1.52. The maximum Gasteiger partial charge on any atom is 0.263 e. The van der Waals surface area contributed by atoms with Crippen LogP contribution in [-0.2, 0) is 10.0 Å². The summed E-state index contributed by atoms with van der Waals surface area (Å²) in [5.41, 5.74) is 1.24. The lowest BCUT2D eigenvalue weighted by atomic mass is 10.2. The van der Waals surface area contributed by atoms with Gasteiger partial charge in [0, 0.05) is 8.95 Å². The first-order chi connectivity index (χ1) is 9.70. The van der Waals surface area contributed by atoms with E-state index in [-0.39, 0.29) is 10.0 Å². The number of rotatable bonds is 3. The van der Waals surface area contributed by atoms with E-state index in [2.05, 4.69) is 57.5 Å². The Labute approximate surface area is 152 Å². The summed E-state index contributed by atoms with van der Waals surface area (Å²) in [6.07, 6.45) is 1.35. The van der Waals surface area contributed by atoms with Crippen molar-refractivity contribution in [2.24, 2.45) is 0 Å². The minimum Gasteiger partial charge on any atom is -0.278 e. The van der Waals surface area contributed by atoms with Crippen molar-refractivity contribution in [1.82, 2.24) is 4.98 Å². The van der Waals surface area contributed by atoms with Crippen LogP contribution in [0, 0.1) is 6.92 Å². The smallest absolute Gasteiger partial charge is 0.263 e. The van der Waals surface area contributed by atoms with E-state index in [1.807, 2.05) is 6.92 Å². The van der Waals surface area contributed by atoms with Crippen molar-refractivity contribution in [2.75, 3.05) is 4.72 Å². The van der Waals surface area contributed by atoms with Gasteiger partial charge in [-0.1, -0.05) is 27.5 Å². The van der Waals surface area contributed by atoms with E-state index in [1.54, 1.807) is 18.2 Å². The molecule has 0 aliphatic rings. The van der Waals surface area contributed by atoms with Crippen LogP contribution < -0.4 is 4.72 Å². The number of nitrogens with zero attached hydrogens (tertiary/aromatic N) is 1. The predicted octanol–water partition coefficient (Wildman–Crippen LogP) is 5.13. The molecule has 1 aromatic carbocycles. The third-order valence-electron chi connectivity index (χ3n) is 2.55. The molecule has 2 aromatic rings. The molecule has 9 heteroatoms. The monoisotopic (exact) mass is 516 g/mol. The van der Waals surface area contributed by atoms with Gasteiger partial charge in [-0.2, -0.15) is 0 Å². The Morgan fingerprint density at radius 3 is 2.38 bits per heavy atom. The minimum atomic E-state index is -3.74. The molecule has 0 spiro atoms. The van der Waals surface area contributed by atoms with Crippen molar-refractivity contribution in [1.29, 1.82) is 0 Å². The van der Waals surface area contributed by atoms with Crippen molar-refractivity contribution < 1.29 is 8.42 Å². The van der Waals surface area contributed by atoms with Crippen molar-refractivity contribution in [2.45, 2.75) is 11.8 Å². The topological polar surface area (TPSA) is 59.1 Å². The molecule has 0 saturated heterocycles. The van der Waals surface area contributed by atoms with Crippen LogP contribution in [0.25, 0.3) is 0 Å². The number of pyridine rings is 1. The van der Waals surface area contributed by atoms with Crippen molar-refractivity contribution in [3.8, 4) is 0 Å². The van der Waals surface area contributed by atoms with E-state index < -0.39 is 10.0 Å². The first-order valence-electron chi connectivity index (χ1n) is 5.50. The molecule has 112 valence electrons. The second kappa shape index (κ2) is 6.54. The number of anilines is 1. The van der Waals surface area contributed by atoms with Crippen LogP contribution in [0.2, 0.25) is 5.15 Å². The Hall–Kier alpha value is -0.150. The average Bonchev–Trinajstić information content (AvgIpc) is 2.37. The van der Waals surface area contributed by atoms with E-state index in [1.165, 1.54) is 6.20 Å². The summed E-state index contributed by atoms with van der Waals surface area (Å²) >= 11 is 15.6. The number of hydrogen-bond donors (Lipinski definition) is 1. The Bertz CT molecular complexity index is 812. The summed E-state index contributed by atoms with van der Waals surface area (Å²) in [4.78, 5) is 4.01. The molecule has 0 fully saturated rings. The number of aromatic nitrogens is 1. The summed E-state index contributed by atoms with van der Waals surface area (Å²) in [7, 11) is -3.74. The average molecular weight is 519 g/mol. The Kier molecular flexibility index (Phi) is 5.36. The maximum absolute atomic E-state index is 12.4. The highest BCUT2D eigenvalue weighted by atomic mass is 79.9. The van der Waals surface area contributed by atoms with Gasteiger partial charge in [-0.3, -0.25) is 4.72 Å². The molecule has 0 bridgehead atoms. The van der Waals surface area contributed by atoms with E-state index in [0.29, 0.717) is 19.1 Å². The van der Waals surface area contributed by atoms with Gasteiger partial charge in [0.25, 0.3) is 10.0 Å². The lowest BCUT2D eigenvalue weighted by Gasteiger charge is -2.11. The molecule has 0 atom stereocenters. The van der Waals surface area contributed by atoms with Crippen LogP contribution in [0.1, 0.15) is 5.56 Å². The van der Waals surface area contributed by atoms with Gasteiger partial charge in [0.05, 0.1) is 16.4 Å². The number of hydrogen-bond acceptors (Lipinski definition) is 3. The van der Waals surface area contributed by atoms with Gasteiger partial charge in [0.15, 0.2) is 0 Å². The van der Waals surface area contributed by atoms with Crippen LogP contribution in [-0.4, -0.2) is 13.4 Å². The summed E-state index contributed by atoms with van der Waals surface area (Å²) in [5.74, 6) is 0. The number of benzene rings is 1. The first-order valence-corrected chi connectivity index (χ1v) is 9.74. The maximum atomic E-state index is 12.4. The van der Waals surface area contributed by atoms with Gasteiger partial charge in [-0.15, -0.1) is 0 Å². The quantitative estimate of drug-likeness (QED) is 0.572. The van der Waals surface area contributed by atoms with Gasteiger partial charge in [-0.25, -0.2) is 13.4 Å². The van der Waals surface area contributed by atoms with E-state index in [0.717, 1.165) is 5.56 Å². The lowest BCUT2D eigenvalue weighted by molar-refractivity contribution is 0.600. The molecule has 0 amide bonds. The highest BCUT2D eigenvalue weighted by molar-refractivity contribution is 9.11. The van der Waals surface area contributed by atoms with Gasteiger partial charge in [0.2, 0.25) is 0 Å². The van der Waals surface area contributed by atoms with Crippen LogP contribution in [0.15, 0.2) is 42.7 Å². The zero-order valence-electron chi connectivity index (χ0n) is 10.5. The van der Waals surface area contributed by atoms with Gasteiger partial charge in [0.1, 0.15) is 10.0 Å². The molecule has 0 aliphatic heterocycles. The molecule has 0 aliphatic carbocycles. The molecule has 1 heterocycles. The summed E-state index contributed by atoms with van der Waals surface area (Å²) in [5, 5.41) is 0.261. The molecular formula is C12H8Br3ClN2O2S. The third kappa shape index (κ3) is 3.98. The van der Waals surface area contributed by atoms with Crippen LogP contribution in [0.3, 0.4) is 0 Å². The van der Waals surface area contributed by atoms with Crippen LogP contribution in [0.4, 0.5) is 5.69 Å². The number of aryl methyl sites for hydroxylation is 1. The third-order valence-corrected chi connectivity index (χ3v) is 6.88. The Balaban J connectivity index is 2.43. The predicted molar refractivity (Wildman–Crippen MR) is 94.3 cm³/mol. The standard InChI is InChI=1S/C12H8Br3ClN2O2S/c1-6-2-9(14)11(4-8(6)13)21(19,20)18-7-3-10(15)12(16)17-5-7/h2-5,18H,1H3. The summed E-state index contributed by atoms with van der Waals surface area (Å²) in [6, 6.07) is 4.82. The van der Waals surface area contributed by atoms with Gasteiger partial charge in [-0.05, 0) is 62.5 Å². The second-order valence-corrected chi connectivity index (χ2v) is 8.71. The molecule has 1 N–H and O–H groups in total. The van der Waals surface area contributed by atoms with Gasteiger partial charge < -0.3 is 0 Å². The summed E-state index contributed by atoms with van der Waals surface area (Å²) in [6.45, 7) is 1.87. The largest absolute Gasteiger partial charge is 0.278 e. The zero-order valence-corrected chi connectivity index (χ0v) is 16.8. The number of nitrogens with one attached hydrogen (secondary N) is 1. The Morgan fingerprint density at radius 1 is 1.10 bits per heavy atom. The fourth-order valence-corrected chi connectivity index (χ4v) is 4.69. The second-order valence-electron chi connectivity index (χ2n) is 4.13. The SMILES string of the molecule is Cc1cc(Br)c(S(=O)(=O)Nc2cnc(Cl)c(Br)c2)cc1Br. The molecule has 4 nitrogen and oxygen atoms in total. The molecule has 0 unspecified atom stereocenters. The van der Waals surface area contributed by atoms with Crippen LogP contribution in [0.5, 0.6) is 0 Å². The van der Waals surface area contributed by atoms with E-state index in [4.69, 9.17) is 11.6 Å². The fraction of sp³-hybridized carbons (Fsp3) is 0.0833. The Morgan fingerprint density at radius 2 is 1.76 bits per heavy atom. The lowest BCUT2D eigenvalue weighted by Crippen LogP contribution is -2.14. The first kappa shape index (κ1) is 17.2. The highest BCUT2D eigenvalue weighted by Crippen LogP contribution is 2.31. The highest BCUT2D eigenvalue weighted by Gasteiger charge is 2.19. The van der Waals surface area contributed by atoms with Crippen LogP contribution >= 0.6 is 59.4 Å². The van der Waals surface area contributed by atoms with Crippen molar-refractivity contribution in [3.63, 3.8) is 0 Å². The molecule has 2 rings (SSSR count). The normalized spacial score (nSPS) is 11.5. The zero-order chi connectivity index (χ0) is 15.8. The molecule has 1 aromatic heterocycles. The number of sulfonamides is 1. The van der Waals surface area contributed by atoms with Crippen molar-refractivity contribution >= 4 is 75.1 Å². The minimum absolute atomic E-state index is 0.131. The molecule has 0 radical (unpaired) electrons. The molecular weight excluding hydrogens is 511 g/mol. The van der Waals surface area contributed by atoms with Crippen molar-refractivity contribution in [3.05, 3.63) is 48.5 Å². The molecule has 21 heavy (non-hydrogen) atoms. The number of halogens is 4. The van der Waals surface area contributed by atoms with Gasteiger partial charge >= 0.3 is 0 Å². The van der Waals surface area contributed by atoms with E-state index in [9.17, 15) is 8.42 Å².